The van der Waals surface area contributed by atoms with Crippen LogP contribution >= 0.6 is 7.82 Å². The Morgan fingerprint density at radius 3 is 1.40 bits per heavy atom. The molecule has 0 aliphatic carbocycles. The molecule has 0 aromatic heterocycles. The predicted octanol–water partition coefficient (Wildman–Crippen LogP) is 5.26. The van der Waals surface area contributed by atoms with Crippen molar-refractivity contribution in [2.24, 2.45) is 0 Å². The fraction of sp³-hybridized carbons (Fsp3) is 1.00. The second kappa shape index (κ2) is 16.4. The zero-order valence-electron chi connectivity index (χ0n) is 14.0. The third-order valence-electron chi connectivity index (χ3n) is 3.00. The maximum absolute atomic E-state index is 11.1. The normalized spacial score (nSPS) is 11.3. The molecule has 6 heteroatoms. The Morgan fingerprint density at radius 2 is 1.20 bits per heavy atom. The average Bonchev–Trinajstić information content (AvgIpc) is 2.42. The fourth-order valence-corrected chi connectivity index (χ4v) is 8.06. The molecule has 4 nitrogen and oxygen atoms in total. The molecule has 0 amide bonds. The molecule has 0 bridgehead atoms. The van der Waals surface area contributed by atoms with E-state index in [0.717, 1.165) is 25.7 Å². The zero-order chi connectivity index (χ0) is 15.9. The summed E-state index contributed by atoms with van der Waals surface area (Å²) in [6.45, 7) is 11.6. The molecule has 0 atom stereocenters. The van der Waals surface area contributed by atoms with Crippen LogP contribution in [0.4, 0.5) is 0 Å². The van der Waals surface area contributed by atoms with E-state index in [2.05, 4.69) is 20.8 Å². The van der Waals surface area contributed by atoms with Gasteiger partial charge in [0.2, 0.25) is 0 Å². The SMILES string of the molecule is CCCCOP(=O)(O)OCCCC.C[CH2][Pb]([CH2]C)[CH2]C. The van der Waals surface area contributed by atoms with Gasteiger partial charge in [0.1, 0.15) is 0 Å². The maximum atomic E-state index is 11.1. The van der Waals surface area contributed by atoms with Crippen LogP contribution in [0.2, 0.25) is 11.9 Å². The van der Waals surface area contributed by atoms with Crippen molar-refractivity contribution in [3.63, 3.8) is 0 Å². The van der Waals surface area contributed by atoms with Crippen LogP contribution in [0.3, 0.4) is 0 Å². The Labute approximate surface area is 134 Å². The summed E-state index contributed by atoms with van der Waals surface area (Å²) >= 11 is -0.789. The number of phosphoric acid groups is 1. The van der Waals surface area contributed by atoms with Gasteiger partial charge in [0.05, 0.1) is 13.2 Å². The molecule has 0 aromatic carbocycles. The molecule has 0 rings (SSSR count). The van der Waals surface area contributed by atoms with E-state index in [1.54, 1.807) is 11.9 Å². The van der Waals surface area contributed by atoms with E-state index >= 15 is 0 Å². The number of hydrogen-bond acceptors (Lipinski definition) is 3. The Kier molecular flexibility index (Phi) is 19.1. The summed E-state index contributed by atoms with van der Waals surface area (Å²) in [7, 11) is -3.75. The predicted molar refractivity (Wildman–Crippen MR) is 88.7 cm³/mol. The Hall–Kier alpha value is 1.03. The van der Waals surface area contributed by atoms with Crippen LogP contribution in [-0.2, 0) is 13.6 Å². The van der Waals surface area contributed by atoms with Crippen molar-refractivity contribution in [3.8, 4) is 0 Å². The molecule has 0 saturated heterocycles. The van der Waals surface area contributed by atoms with Crippen LogP contribution in [0.5, 0.6) is 0 Å². The third-order valence-corrected chi connectivity index (χ3v) is 15.7. The molecular weight excluding hydrogens is 470 g/mol. The van der Waals surface area contributed by atoms with Crippen molar-refractivity contribution in [2.75, 3.05) is 13.2 Å². The van der Waals surface area contributed by atoms with E-state index in [0.29, 0.717) is 0 Å². The van der Waals surface area contributed by atoms with Crippen LogP contribution < -0.4 is 0 Å². The van der Waals surface area contributed by atoms with Crippen molar-refractivity contribution in [2.45, 2.75) is 72.2 Å². The van der Waals surface area contributed by atoms with E-state index in [9.17, 15) is 4.57 Å². The van der Waals surface area contributed by atoms with Crippen molar-refractivity contribution < 1.29 is 18.5 Å². The summed E-state index contributed by atoms with van der Waals surface area (Å²) in [6.07, 6.45) is 3.44. The molecule has 0 unspecified atom stereocenters. The number of rotatable bonds is 11. The van der Waals surface area contributed by atoms with Gasteiger partial charge in [0.15, 0.2) is 0 Å². The van der Waals surface area contributed by atoms with Crippen LogP contribution in [-0.4, -0.2) is 40.8 Å². The molecule has 0 spiro atoms. The summed E-state index contributed by atoms with van der Waals surface area (Å²) in [5, 5.41) is 0. The van der Waals surface area contributed by atoms with Crippen LogP contribution in [0, 0.1) is 0 Å². The summed E-state index contributed by atoms with van der Waals surface area (Å²) in [5.74, 6) is 0. The van der Waals surface area contributed by atoms with E-state index in [4.69, 9.17) is 13.9 Å². The van der Waals surface area contributed by atoms with Crippen molar-refractivity contribution in [1.82, 2.24) is 0 Å². The number of hydrogen-bond donors (Lipinski definition) is 1. The van der Waals surface area contributed by atoms with E-state index in [-0.39, 0.29) is 13.2 Å². The van der Waals surface area contributed by atoms with Crippen molar-refractivity contribution in [1.29, 1.82) is 0 Å². The van der Waals surface area contributed by atoms with E-state index in [1.807, 2.05) is 13.8 Å². The van der Waals surface area contributed by atoms with E-state index in [1.165, 1.54) is 0 Å². The first kappa shape index (κ1) is 23.3. The Bertz CT molecular complexity index is 216. The van der Waals surface area contributed by atoms with Crippen molar-refractivity contribution >= 4 is 30.5 Å². The van der Waals surface area contributed by atoms with Gasteiger partial charge in [-0.2, -0.15) is 0 Å². The molecule has 123 valence electrons. The van der Waals surface area contributed by atoms with Gasteiger partial charge in [0, 0.05) is 0 Å². The Balaban J connectivity index is 0. The molecule has 0 aliphatic heterocycles. The average molecular weight is 505 g/mol. The number of unbranched alkanes of at least 4 members (excludes halogenated alkanes) is 2. The summed E-state index contributed by atoms with van der Waals surface area (Å²) in [4.78, 5) is 9.08. The first-order valence-corrected chi connectivity index (χ1v) is 17.7. The second-order valence-electron chi connectivity index (χ2n) is 4.65. The minimum absolute atomic E-state index is 0.288. The molecule has 1 N–H and O–H groups in total. The molecule has 20 heavy (non-hydrogen) atoms. The number of phosphoric ester groups is 1. The molecule has 0 aromatic rings. The fourth-order valence-electron chi connectivity index (χ4n) is 1.44. The van der Waals surface area contributed by atoms with Gasteiger partial charge in [-0.3, -0.25) is 9.05 Å². The van der Waals surface area contributed by atoms with E-state index < -0.39 is 30.5 Å². The minimum atomic E-state index is -3.75. The van der Waals surface area contributed by atoms with Crippen LogP contribution in [0.15, 0.2) is 0 Å². The first-order chi connectivity index (χ1) is 9.47. The zero-order valence-corrected chi connectivity index (χ0v) is 18.8. The van der Waals surface area contributed by atoms with Gasteiger partial charge in [-0.25, -0.2) is 4.57 Å². The standard InChI is InChI=1S/C8H19O4P.3C2H5.Pb/c1-3-5-7-11-13(9,10)12-8-6-4-2;3*1-2;/h3-8H2,1-2H3,(H,9,10);3*1H2,2H3;. The summed E-state index contributed by atoms with van der Waals surface area (Å²) in [5.41, 5.74) is 0. The van der Waals surface area contributed by atoms with Gasteiger partial charge in [0.25, 0.3) is 0 Å². The molecular formula is C14H34O4PPb. The van der Waals surface area contributed by atoms with Gasteiger partial charge >= 0.3 is 63.2 Å². The van der Waals surface area contributed by atoms with Crippen molar-refractivity contribution in [3.05, 3.63) is 0 Å². The summed E-state index contributed by atoms with van der Waals surface area (Å²) < 4.78 is 25.2. The quantitative estimate of drug-likeness (QED) is 0.237. The molecule has 0 saturated carbocycles. The molecule has 1 radical (unpaired) electrons. The summed E-state index contributed by atoms with van der Waals surface area (Å²) in [6, 6.07) is 0. The topological polar surface area (TPSA) is 55.8 Å². The third kappa shape index (κ3) is 17.1. The Morgan fingerprint density at radius 1 is 0.850 bits per heavy atom. The second-order valence-corrected chi connectivity index (χ2v) is 20.2. The van der Waals surface area contributed by atoms with Crippen LogP contribution in [0.25, 0.3) is 0 Å². The van der Waals surface area contributed by atoms with Gasteiger partial charge in [-0.05, 0) is 12.8 Å². The first-order valence-electron chi connectivity index (χ1n) is 7.92. The molecule has 0 fully saturated rings. The van der Waals surface area contributed by atoms with Gasteiger partial charge < -0.3 is 4.89 Å². The monoisotopic (exact) mass is 505 g/mol. The van der Waals surface area contributed by atoms with Crippen LogP contribution in [0.1, 0.15) is 60.3 Å². The van der Waals surface area contributed by atoms with Gasteiger partial charge in [-0.15, -0.1) is 0 Å². The molecule has 0 heterocycles. The van der Waals surface area contributed by atoms with Gasteiger partial charge in [-0.1, -0.05) is 26.7 Å². The molecule has 0 aliphatic rings.